The number of thiophene rings is 1. The van der Waals surface area contributed by atoms with Gasteiger partial charge in [0, 0.05) is 5.56 Å². The number of carboxylic acids is 1. The lowest BCUT2D eigenvalue weighted by Crippen LogP contribution is -1.95. The Morgan fingerprint density at radius 1 is 1.35 bits per heavy atom. The van der Waals surface area contributed by atoms with Crippen LogP contribution >= 0.6 is 11.3 Å². The maximum atomic E-state index is 12.6. The molecule has 0 radical (unpaired) electrons. The minimum Gasteiger partial charge on any atom is -0.489 e. The van der Waals surface area contributed by atoms with Crippen molar-refractivity contribution in [2.45, 2.75) is 6.61 Å². The van der Waals surface area contributed by atoms with E-state index in [0.717, 1.165) is 16.9 Å². The van der Waals surface area contributed by atoms with E-state index in [9.17, 15) is 9.18 Å². The molecule has 0 aliphatic carbocycles. The molecule has 0 saturated carbocycles. The summed E-state index contributed by atoms with van der Waals surface area (Å²) in [5.74, 6) is -0.710. The molecule has 0 spiro atoms. The minimum absolute atomic E-state index is 0.273. The number of hydrogen-bond donors (Lipinski definition) is 1. The lowest BCUT2D eigenvalue weighted by molar-refractivity contribution is 0.0702. The Morgan fingerprint density at radius 2 is 2.06 bits per heavy atom. The molecule has 1 aromatic carbocycles. The van der Waals surface area contributed by atoms with E-state index in [1.54, 1.807) is 11.4 Å². The number of halogens is 1. The highest BCUT2D eigenvalue weighted by atomic mass is 32.1. The van der Waals surface area contributed by atoms with Crippen LogP contribution in [0.15, 0.2) is 35.7 Å². The first kappa shape index (κ1) is 11.6. The third kappa shape index (κ3) is 3.04. The fourth-order valence-electron chi connectivity index (χ4n) is 1.26. The van der Waals surface area contributed by atoms with Crippen LogP contribution in [0.25, 0.3) is 0 Å². The molecule has 0 aliphatic rings. The predicted molar refractivity (Wildman–Crippen MR) is 62.0 cm³/mol. The second-order valence-corrected chi connectivity index (χ2v) is 4.28. The molecule has 2 aromatic rings. The van der Waals surface area contributed by atoms with Gasteiger partial charge in [0.05, 0.1) is 0 Å². The number of rotatable bonds is 4. The van der Waals surface area contributed by atoms with Gasteiger partial charge in [0.1, 0.15) is 23.1 Å². The first-order valence-electron chi connectivity index (χ1n) is 4.84. The average Bonchev–Trinajstić information content (AvgIpc) is 2.77. The highest BCUT2D eigenvalue weighted by molar-refractivity contribution is 7.12. The maximum absolute atomic E-state index is 12.6. The van der Waals surface area contributed by atoms with Crippen LogP contribution in [0, 0.1) is 5.82 Å². The Hall–Kier alpha value is -1.88. The Bertz CT molecular complexity index is 519. The Balaban J connectivity index is 1.97. The Labute approximate surface area is 101 Å². The molecule has 0 fully saturated rings. The Kier molecular flexibility index (Phi) is 3.39. The summed E-state index contributed by atoms with van der Waals surface area (Å²) in [6.07, 6.45) is 0. The number of carbonyl (C=O) groups is 1. The summed E-state index contributed by atoms with van der Waals surface area (Å²) in [4.78, 5) is 10.9. The number of benzene rings is 1. The molecule has 88 valence electrons. The maximum Gasteiger partial charge on any atom is 0.345 e. The highest BCUT2D eigenvalue weighted by Gasteiger charge is 2.06. The van der Waals surface area contributed by atoms with E-state index in [0.29, 0.717) is 5.75 Å². The first-order chi connectivity index (χ1) is 8.15. The van der Waals surface area contributed by atoms with Gasteiger partial charge in [0.15, 0.2) is 0 Å². The van der Waals surface area contributed by atoms with E-state index in [1.807, 2.05) is 0 Å². The number of hydrogen-bond acceptors (Lipinski definition) is 3. The third-order valence-electron chi connectivity index (χ3n) is 2.08. The number of ether oxygens (including phenoxy) is 1. The molecule has 0 saturated heterocycles. The van der Waals surface area contributed by atoms with Crippen molar-refractivity contribution in [2.75, 3.05) is 0 Å². The van der Waals surface area contributed by atoms with E-state index < -0.39 is 5.97 Å². The third-order valence-corrected chi connectivity index (χ3v) is 3.05. The molecule has 5 heteroatoms. The zero-order chi connectivity index (χ0) is 12.3. The average molecular weight is 252 g/mol. The van der Waals surface area contributed by atoms with Crippen molar-refractivity contribution in [1.29, 1.82) is 0 Å². The van der Waals surface area contributed by atoms with Crippen molar-refractivity contribution in [3.8, 4) is 5.75 Å². The summed E-state index contributed by atoms with van der Waals surface area (Å²) in [5.41, 5.74) is 0.789. The summed E-state index contributed by atoms with van der Waals surface area (Å²) in [5, 5.41) is 10.5. The van der Waals surface area contributed by atoms with Gasteiger partial charge in [-0.2, -0.15) is 0 Å². The molecule has 0 atom stereocenters. The second-order valence-electron chi connectivity index (χ2n) is 3.37. The van der Waals surface area contributed by atoms with Crippen LogP contribution in [0.5, 0.6) is 5.75 Å². The molecular formula is C12H9FO3S. The summed E-state index contributed by atoms with van der Waals surface area (Å²) in [6.45, 7) is 0.273. The molecule has 3 nitrogen and oxygen atoms in total. The van der Waals surface area contributed by atoms with Gasteiger partial charge in [0.2, 0.25) is 0 Å². The summed E-state index contributed by atoms with van der Waals surface area (Å²) in [7, 11) is 0. The van der Waals surface area contributed by atoms with Crippen molar-refractivity contribution < 1.29 is 19.0 Å². The largest absolute Gasteiger partial charge is 0.489 e. The quantitative estimate of drug-likeness (QED) is 0.909. The molecule has 1 N–H and O–H groups in total. The molecule has 2 rings (SSSR count). The van der Waals surface area contributed by atoms with Crippen molar-refractivity contribution in [2.24, 2.45) is 0 Å². The van der Waals surface area contributed by atoms with Gasteiger partial charge >= 0.3 is 5.97 Å². The fraction of sp³-hybridized carbons (Fsp3) is 0.0833. The van der Waals surface area contributed by atoms with Gasteiger partial charge in [-0.25, -0.2) is 9.18 Å². The standard InChI is InChI=1S/C12H9FO3S/c13-9-1-3-10(4-2-9)16-6-8-5-11(12(14)15)17-7-8/h1-5,7H,6H2,(H,14,15). The Morgan fingerprint density at radius 3 is 2.65 bits per heavy atom. The van der Waals surface area contributed by atoms with Crippen LogP contribution < -0.4 is 4.74 Å². The van der Waals surface area contributed by atoms with Crippen LogP contribution in [0.4, 0.5) is 4.39 Å². The lowest BCUT2D eigenvalue weighted by atomic mass is 10.3. The van der Waals surface area contributed by atoms with Crippen LogP contribution in [0.1, 0.15) is 15.2 Å². The molecule has 1 heterocycles. The minimum atomic E-state index is -0.942. The summed E-state index contributed by atoms with van der Waals surface area (Å²) >= 11 is 1.16. The number of aromatic carboxylic acids is 1. The molecule has 0 amide bonds. The molecule has 1 aromatic heterocycles. The lowest BCUT2D eigenvalue weighted by Gasteiger charge is -2.03. The topological polar surface area (TPSA) is 46.5 Å². The highest BCUT2D eigenvalue weighted by Crippen LogP contribution is 2.18. The van der Waals surface area contributed by atoms with Crippen LogP contribution in [-0.4, -0.2) is 11.1 Å². The molecular weight excluding hydrogens is 243 g/mol. The monoisotopic (exact) mass is 252 g/mol. The van der Waals surface area contributed by atoms with Crippen LogP contribution in [0.2, 0.25) is 0 Å². The smallest absolute Gasteiger partial charge is 0.345 e. The van der Waals surface area contributed by atoms with Crippen molar-refractivity contribution in [3.05, 3.63) is 52.0 Å². The second kappa shape index (κ2) is 4.97. The molecule has 0 bridgehead atoms. The number of carboxylic acid groups (broad SMARTS) is 1. The van der Waals surface area contributed by atoms with E-state index >= 15 is 0 Å². The fourth-order valence-corrected chi connectivity index (χ4v) is 2.00. The van der Waals surface area contributed by atoms with Crippen LogP contribution in [0.3, 0.4) is 0 Å². The van der Waals surface area contributed by atoms with Crippen molar-refractivity contribution in [3.63, 3.8) is 0 Å². The van der Waals surface area contributed by atoms with Crippen LogP contribution in [-0.2, 0) is 6.61 Å². The first-order valence-corrected chi connectivity index (χ1v) is 5.72. The van der Waals surface area contributed by atoms with Gasteiger partial charge in [-0.1, -0.05) is 0 Å². The molecule has 0 unspecified atom stereocenters. The van der Waals surface area contributed by atoms with E-state index in [1.165, 1.54) is 24.3 Å². The summed E-state index contributed by atoms with van der Waals surface area (Å²) in [6, 6.07) is 7.24. The predicted octanol–water partition coefficient (Wildman–Crippen LogP) is 3.16. The van der Waals surface area contributed by atoms with E-state index in [-0.39, 0.29) is 17.3 Å². The molecule has 0 aliphatic heterocycles. The zero-order valence-corrected chi connectivity index (χ0v) is 9.54. The van der Waals surface area contributed by atoms with Gasteiger partial charge in [0.25, 0.3) is 0 Å². The normalized spacial score (nSPS) is 10.2. The van der Waals surface area contributed by atoms with Gasteiger partial charge in [-0.05, 0) is 35.7 Å². The zero-order valence-electron chi connectivity index (χ0n) is 8.72. The summed E-state index contributed by atoms with van der Waals surface area (Å²) < 4.78 is 18.0. The van der Waals surface area contributed by atoms with Gasteiger partial charge in [-0.3, -0.25) is 0 Å². The van der Waals surface area contributed by atoms with Crippen molar-refractivity contribution >= 4 is 17.3 Å². The van der Waals surface area contributed by atoms with Gasteiger partial charge < -0.3 is 9.84 Å². The SMILES string of the molecule is O=C(O)c1cc(COc2ccc(F)cc2)cs1. The van der Waals surface area contributed by atoms with E-state index in [2.05, 4.69) is 0 Å². The van der Waals surface area contributed by atoms with Gasteiger partial charge in [-0.15, -0.1) is 11.3 Å². The van der Waals surface area contributed by atoms with E-state index in [4.69, 9.17) is 9.84 Å². The molecule has 17 heavy (non-hydrogen) atoms. The van der Waals surface area contributed by atoms with Crippen molar-refractivity contribution in [1.82, 2.24) is 0 Å².